The third-order valence-corrected chi connectivity index (χ3v) is 3.10. The van der Waals surface area contributed by atoms with Crippen LogP contribution in [0.2, 0.25) is 0 Å². The molecule has 3 heterocycles. The van der Waals surface area contributed by atoms with Crippen molar-refractivity contribution in [3.05, 3.63) is 18.2 Å². The van der Waals surface area contributed by atoms with Gasteiger partial charge in [0.2, 0.25) is 11.6 Å². The van der Waals surface area contributed by atoms with Crippen molar-refractivity contribution in [1.82, 2.24) is 24.9 Å². The Morgan fingerprint density at radius 2 is 2.39 bits per heavy atom. The molecule has 3 rings (SSSR count). The van der Waals surface area contributed by atoms with Crippen molar-refractivity contribution in [1.29, 1.82) is 0 Å². The fourth-order valence-electron chi connectivity index (χ4n) is 2.09. The largest absolute Gasteiger partial charge is 0.362 e. The van der Waals surface area contributed by atoms with Gasteiger partial charge in [-0.2, -0.15) is 0 Å². The van der Waals surface area contributed by atoms with E-state index in [9.17, 15) is 4.79 Å². The molecule has 2 N–H and O–H groups in total. The number of nitrogens with zero attached hydrogens (tertiary/aromatic N) is 4. The Labute approximate surface area is 104 Å². The maximum atomic E-state index is 11.1. The smallest absolute Gasteiger partial charge is 0.220 e. The second-order valence-corrected chi connectivity index (χ2v) is 4.40. The van der Waals surface area contributed by atoms with Crippen LogP contribution >= 0.6 is 0 Å². The number of hydrogen-bond acceptors (Lipinski definition) is 5. The van der Waals surface area contributed by atoms with E-state index in [1.165, 1.54) is 0 Å². The molecule has 1 aliphatic rings. The third kappa shape index (κ3) is 1.87. The Balaban J connectivity index is 1.84. The molecule has 1 amide bonds. The Morgan fingerprint density at radius 3 is 3.17 bits per heavy atom. The molecule has 7 heteroatoms. The average molecular weight is 246 g/mol. The molecular formula is C11H14N6O. The fourth-order valence-corrected chi connectivity index (χ4v) is 2.09. The molecule has 0 aromatic carbocycles. The maximum absolute atomic E-state index is 11.1. The molecular weight excluding hydrogens is 232 g/mol. The highest BCUT2D eigenvalue weighted by molar-refractivity contribution is 5.77. The zero-order valence-electron chi connectivity index (χ0n) is 10.1. The van der Waals surface area contributed by atoms with E-state index in [0.717, 1.165) is 12.2 Å². The maximum Gasteiger partial charge on any atom is 0.220 e. The van der Waals surface area contributed by atoms with Gasteiger partial charge in [-0.05, 0) is 13.3 Å². The lowest BCUT2D eigenvalue weighted by Gasteiger charge is -2.23. The molecule has 0 radical (unpaired) electrons. The summed E-state index contributed by atoms with van der Waals surface area (Å²) in [5, 5.41) is 14.3. The lowest BCUT2D eigenvalue weighted by Crippen LogP contribution is -2.42. The second-order valence-electron chi connectivity index (χ2n) is 4.40. The van der Waals surface area contributed by atoms with Gasteiger partial charge in [-0.25, -0.2) is 4.98 Å². The molecule has 2 aromatic heterocycles. The van der Waals surface area contributed by atoms with Gasteiger partial charge in [0, 0.05) is 31.4 Å². The molecule has 0 spiro atoms. The van der Waals surface area contributed by atoms with Crippen molar-refractivity contribution in [2.75, 3.05) is 11.9 Å². The van der Waals surface area contributed by atoms with E-state index in [-0.39, 0.29) is 11.9 Å². The molecule has 94 valence electrons. The van der Waals surface area contributed by atoms with Crippen molar-refractivity contribution in [2.45, 2.75) is 25.8 Å². The minimum absolute atomic E-state index is 0.109. The summed E-state index contributed by atoms with van der Waals surface area (Å²) in [5.41, 5.74) is 0.715. The first-order valence-electron chi connectivity index (χ1n) is 5.93. The minimum Gasteiger partial charge on any atom is -0.362 e. The van der Waals surface area contributed by atoms with E-state index in [4.69, 9.17) is 0 Å². The lowest BCUT2D eigenvalue weighted by molar-refractivity contribution is -0.122. The first-order chi connectivity index (χ1) is 8.74. The van der Waals surface area contributed by atoms with Gasteiger partial charge in [0.1, 0.15) is 5.82 Å². The summed E-state index contributed by atoms with van der Waals surface area (Å²) in [7, 11) is 0. The van der Waals surface area contributed by atoms with E-state index in [1.807, 2.05) is 17.5 Å². The van der Waals surface area contributed by atoms with Gasteiger partial charge < -0.3 is 10.6 Å². The molecule has 1 atom stereocenters. The number of nitrogens with one attached hydrogen (secondary N) is 2. The fraction of sp³-hybridized carbons (Fsp3) is 0.455. The molecule has 1 saturated heterocycles. The molecule has 1 aliphatic heterocycles. The van der Waals surface area contributed by atoms with Crippen LogP contribution in [0.3, 0.4) is 0 Å². The SMILES string of the molecule is Cc1nnc2c(NC3CCC(=O)NC3)nccn12. The van der Waals surface area contributed by atoms with Crippen molar-refractivity contribution in [3.8, 4) is 0 Å². The molecule has 0 aliphatic carbocycles. The number of carbonyl (C=O) groups is 1. The zero-order valence-corrected chi connectivity index (χ0v) is 10.1. The molecule has 0 saturated carbocycles. The summed E-state index contributed by atoms with van der Waals surface area (Å²) in [6.45, 7) is 2.51. The summed E-state index contributed by atoms with van der Waals surface area (Å²) < 4.78 is 1.89. The van der Waals surface area contributed by atoms with Gasteiger partial charge in [-0.3, -0.25) is 9.20 Å². The summed E-state index contributed by atoms with van der Waals surface area (Å²) in [6, 6.07) is 0.193. The number of piperidine rings is 1. The van der Waals surface area contributed by atoms with Gasteiger partial charge in [-0.1, -0.05) is 0 Å². The van der Waals surface area contributed by atoms with Crippen molar-refractivity contribution < 1.29 is 4.79 Å². The topological polar surface area (TPSA) is 84.2 Å². The second kappa shape index (κ2) is 4.25. The average Bonchev–Trinajstić information content (AvgIpc) is 2.76. The van der Waals surface area contributed by atoms with Crippen molar-refractivity contribution in [2.24, 2.45) is 0 Å². The zero-order chi connectivity index (χ0) is 12.5. The third-order valence-electron chi connectivity index (χ3n) is 3.10. The Hall–Kier alpha value is -2.18. The Kier molecular flexibility index (Phi) is 2.58. The Morgan fingerprint density at radius 1 is 1.50 bits per heavy atom. The van der Waals surface area contributed by atoms with E-state index in [2.05, 4.69) is 25.8 Å². The summed E-state index contributed by atoms with van der Waals surface area (Å²) in [6.07, 6.45) is 4.90. The van der Waals surface area contributed by atoms with Gasteiger partial charge in [0.05, 0.1) is 0 Å². The number of amides is 1. The number of aryl methyl sites for hydroxylation is 1. The molecule has 1 unspecified atom stereocenters. The summed E-state index contributed by atoms with van der Waals surface area (Å²) in [4.78, 5) is 15.4. The predicted molar refractivity (Wildman–Crippen MR) is 65.2 cm³/mol. The van der Waals surface area contributed by atoms with E-state index in [0.29, 0.717) is 24.4 Å². The van der Waals surface area contributed by atoms with Crippen LogP contribution in [-0.2, 0) is 4.79 Å². The number of aromatic nitrogens is 4. The number of rotatable bonds is 2. The van der Waals surface area contributed by atoms with Crippen LogP contribution in [0.5, 0.6) is 0 Å². The van der Waals surface area contributed by atoms with Crippen molar-refractivity contribution >= 4 is 17.4 Å². The highest BCUT2D eigenvalue weighted by Gasteiger charge is 2.19. The molecule has 18 heavy (non-hydrogen) atoms. The normalized spacial score (nSPS) is 19.8. The van der Waals surface area contributed by atoms with Crippen LogP contribution < -0.4 is 10.6 Å². The monoisotopic (exact) mass is 246 g/mol. The summed E-state index contributed by atoms with van der Waals surface area (Å²) >= 11 is 0. The van der Waals surface area contributed by atoms with E-state index in [1.54, 1.807) is 6.20 Å². The quantitative estimate of drug-likeness (QED) is 0.786. The standard InChI is InChI=1S/C11H14N6O/c1-7-15-16-11-10(12-4-5-17(7)11)14-8-2-3-9(18)13-6-8/h4-5,8H,2-3,6H2,1H3,(H,12,14)(H,13,18). The predicted octanol–water partition coefficient (Wildman–Crippen LogP) is 0.123. The lowest BCUT2D eigenvalue weighted by atomic mass is 10.1. The first-order valence-corrected chi connectivity index (χ1v) is 5.93. The van der Waals surface area contributed by atoms with E-state index < -0.39 is 0 Å². The van der Waals surface area contributed by atoms with Crippen LogP contribution in [0, 0.1) is 6.92 Å². The number of carbonyl (C=O) groups excluding carboxylic acids is 1. The van der Waals surface area contributed by atoms with Gasteiger partial charge in [0.25, 0.3) is 0 Å². The molecule has 7 nitrogen and oxygen atoms in total. The number of hydrogen-bond donors (Lipinski definition) is 2. The van der Waals surface area contributed by atoms with Gasteiger partial charge in [0.15, 0.2) is 5.82 Å². The van der Waals surface area contributed by atoms with Crippen molar-refractivity contribution in [3.63, 3.8) is 0 Å². The van der Waals surface area contributed by atoms with Crippen LogP contribution in [0.4, 0.5) is 5.82 Å². The van der Waals surface area contributed by atoms with Gasteiger partial charge in [-0.15, -0.1) is 10.2 Å². The molecule has 2 aromatic rings. The Bertz CT molecular complexity index is 582. The highest BCUT2D eigenvalue weighted by atomic mass is 16.1. The molecule has 1 fully saturated rings. The number of fused-ring (bicyclic) bond motifs is 1. The van der Waals surface area contributed by atoms with Crippen LogP contribution in [0.15, 0.2) is 12.4 Å². The van der Waals surface area contributed by atoms with E-state index >= 15 is 0 Å². The van der Waals surface area contributed by atoms with Gasteiger partial charge >= 0.3 is 0 Å². The van der Waals surface area contributed by atoms with Crippen LogP contribution in [0.1, 0.15) is 18.7 Å². The summed E-state index contributed by atoms with van der Waals surface area (Å²) in [5.74, 6) is 1.64. The minimum atomic E-state index is 0.109. The van der Waals surface area contributed by atoms with Crippen LogP contribution in [0.25, 0.3) is 5.65 Å². The molecule has 0 bridgehead atoms. The number of anilines is 1. The highest BCUT2D eigenvalue weighted by Crippen LogP contribution is 2.15. The van der Waals surface area contributed by atoms with Crippen LogP contribution in [-0.4, -0.2) is 38.1 Å². The first kappa shape index (κ1) is 10.9.